The molecule has 4 N–H and O–H groups in total. The summed E-state index contributed by atoms with van der Waals surface area (Å²) in [5, 5.41) is 6.27. The van der Waals surface area contributed by atoms with Gasteiger partial charge in [-0.2, -0.15) is 0 Å². The molecule has 0 bridgehead atoms. The van der Waals surface area contributed by atoms with Crippen molar-refractivity contribution in [1.29, 1.82) is 0 Å². The first-order valence-electron chi connectivity index (χ1n) is 9.31. The van der Waals surface area contributed by atoms with Crippen LogP contribution in [0.25, 0.3) is 0 Å². The second-order valence-corrected chi connectivity index (χ2v) is 6.73. The summed E-state index contributed by atoms with van der Waals surface area (Å²) in [7, 11) is 0. The van der Waals surface area contributed by atoms with Crippen LogP contribution in [-0.2, 0) is 16.0 Å². The lowest BCUT2D eigenvalue weighted by molar-refractivity contribution is -0.129. The van der Waals surface area contributed by atoms with E-state index in [-0.39, 0.29) is 23.8 Å². The van der Waals surface area contributed by atoms with Crippen molar-refractivity contribution in [3.63, 3.8) is 0 Å². The van der Waals surface area contributed by atoms with E-state index in [4.69, 9.17) is 5.73 Å². The molecule has 0 aliphatic heterocycles. The van der Waals surface area contributed by atoms with E-state index in [1.54, 1.807) is 0 Å². The minimum atomic E-state index is -0.420. The summed E-state index contributed by atoms with van der Waals surface area (Å²) < 4.78 is 0. The van der Waals surface area contributed by atoms with Crippen molar-refractivity contribution >= 4 is 11.7 Å². The Hall–Kier alpha value is -1.72. The Morgan fingerprint density at radius 2 is 1.76 bits per heavy atom. The molecule has 0 aliphatic carbocycles. The van der Waals surface area contributed by atoms with Gasteiger partial charge < -0.3 is 16.4 Å². The first kappa shape index (κ1) is 21.3. The first-order chi connectivity index (χ1) is 12.0. The molecule has 1 rings (SSSR count). The van der Waals surface area contributed by atoms with E-state index in [1.807, 2.05) is 51.1 Å². The molecule has 0 saturated heterocycles. The van der Waals surface area contributed by atoms with Gasteiger partial charge in [-0.1, -0.05) is 51.1 Å². The lowest BCUT2D eigenvalue weighted by Crippen LogP contribution is -2.52. The molecule has 0 fully saturated rings. The third kappa shape index (κ3) is 8.27. The van der Waals surface area contributed by atoms with Gasteiger partial charge in [0, 0.05) is 12.5 Å². The Morgan fingerprint density at radius 1 is 1.08 bits per heavy atom. The summed E-state index contributed by atoms with van der Waals surface area (Å²) in [5.41, 5.74) is 6.63. The number of rotatable bonds is 12. The number of ketones is 1. The summed E-state index contributed by atoms with van der Waals surface area (Å²) in [4.78, 5) is 25.0. The maximum Gasteiger partial charge on any atom is 0.238 e. The molecule has 0 spiro atoms. The molecule has 1 aromatic carbocycles. The highest BCUT2D eigenvalue weighted by Gasteiger charge is 2.25. The fraction of sp³-hybridized carbons (Fsp3) is 0.600. The highest BCUT2D eigenvalue weighted by atomic mass is 16.2. The fourth-order valence-corrected chi connectivity index (χ4v) is 2.80. The SMILES string of the molecule is CCC(=O)[C@H](CCCCN)NC(=O)[C@H](Cc1ccccc1)NC(C)C. The Bertz CT molecular complexity index is 517. The van der Waals surface area contributed by atoms with E-state index in [1.165, 1.54) is 0 Å². The molecule has 0 aromatic heterocycles. The van der Waals surface area contributed by atoms with Gasteiger partial charge >= 0.3 is 0 Å². The molecular formula is C20H33N3O2. The van der Waals surface area contributed by atoms with Crippen LogP contribution >= 0.6 is 0 Å². The van der Waals surface area contributed by atoms with Crippen molar-refractivity contribution in [2.24, 2.45) is 5.73 Å². The van der Waals surface area contributed by atoms with Gasteiger partial charge in [0.1, 0.15) is 0 Å². The van der Waals surface area contributed by atoms with Gasteiger partial charge in [0.2, 0.25) is 5.91 Å². The molecule has 0 radical (unpaired) electrons. The van der Waals surface area contributed by atoms with Crippen molar-refractivity contribution in [3.05, 3.63) is 35.9 Å². The van der Waals surface area contributed by atoms with E-state index in [2.05, 4.69) is 10.6 Å². The molecule has 140 valence electrons. The number of nitrogens with one attached hydrogen (secondary N) is 2. The largest absolute Gasteiger partial charge is 0.345 e. The van der Waals surface area contributed by atoms with Gasteiger partial charge in [-0.15, -0.1) is 0 Å². The summed E-state index contributed by atoms with van der Waals surface area (Å²) >= 11 is 0. The zero-order valence-corrected chi connectivity index (χ0v) is 15.8. The van der Waals surface area contributed by atoms with E-state index in [0.717, 1.165) is 18.4 Å². The van der Waals surface area contributed by atoms with Gasteiger partial charge in [0.05, 0.1) is 12.1 Å². The molecule has 0 unspecified atom stereocenters. The van der Waals surface area contributed by atoms with E-state index < -0.39 is 6.04 Å². The monoisotopic (exact) mass is 347 g/mol. The number of hydrogen-bond donors (Lipinski definition) is 3. The van der Waals surface area contributed by atoms with Gasteiger partial charge in [-0.3, -0.25) is 9.59 Å². The fourth-order valence-electron chi connectivity index (χ4n) is 2.80. The van der Waals surface area contributed by atoms with Crippen LogP contribution < -0.4 is 16.4 Å². The first-order valence-corrected chi connectivity index (χ1v) is 9.31. The highest BCUT2D eigenvalue weighted by molar-refractivity contribution is 5.90. The molecule has 2 atom stereocenters. The third-order valence-electron chi connectivity index (χ3n) is 4.13. The van der Waals surface area contributed by atoms with Crippen molar-refractivity contribution in [1.82, 2.24) is 10.6 Å². The van der Waals surface area contributed by atoms with Gasteiger partial charge in [0.15, 0.2) is 5.78 Å². The molecule has 1 amide bonds. The van der Waals surface area contributed by atoms with Crippen LogP contribution in [0.15, 0.2) is 30.3 Å². The van der Waals surface area contributed by atoms with Crippen molar-refractivity contribution in [2.45, 2.75) is 71.0 Å². The summed E-state index contributed by atoms with van der Waals surface area (Å²) in [6, 6.07) is 9.32. The zero-order chi connectivity index (χ0) is 18.7. The lowest BCUT2D eigenvalue weighted by Gasteiger charge is -2.24. The summed E-state index contributed by atoms with van der Waals surface area (Å²) in [5.74, 6) is -0.0366. The summed E-state index contributed by atoms with van der Waals surface area (Å²) in [6.07, 6.45) is 3.37. The number of benzene rings is 1. The van der Waals surface area contributed by atoms with Gasteiger partial charge in [-0.25, -0.2) is 0 Å². The van der Waals surface area contributed by atoms with Crippen LogP contribution in [0, 0.1) is 0 Å². The maximum absolute atomic E-state index is 12.8. The number of carbonyl (C=O) groups is 2. The van der Waals surface area contributed by atoms with Crippen molar-refractivity contribution in [3.8, 4) is 0 Å². The molecular weight excluding hydrogens is 314 g/mol. The third-order valence-corrected chi connectivity index (χ3v) is 4.13. The normalized spacial score (nSPS) is 13.5. The van der Waals surface area contributed by atoms with E-state index >= 15 is 0 Å². The Labute approximate surface area is 151 Å². The number of hydrogen-bond acceptors (Lipinski definition) is 4. The molecule has 25 heavy (non-hydrogen) atoms. The average molecular weight is 348 g/mol. The maximum atomic E-state index is 12.8. The van der Waals surface area contributed by atoms with Crippen LogP contribution in [0.5, 0.6) is 0 Å². The number of unbranched alkanes of at least 4 members (excludes halogenated alkanes) is 1. The molecule has 0 saturated carbocycles. The zero-order valence-electron chi connectivity index (χ0n) is 15.8. The molecule has 0 aliphatic rings. The highest BCUT2D eigenvalue weighted by Crippen LogP contribution is 2.08. The van der Waals surface area contributed by atoms with E-state index in [0.29, 0.717) is 25.8 Å². The number of nitrogens with two attached hydrogens (primary N) is 1. The standard InChI is InChI=1S/C20H33N3O2/c1-4-19(24)17(12-8-9-13-21)23-20(25)18(22-15(2)3)14-16-10-6-5-7-11-16/h5-7,10-11,15,17-18,22H,4,8-9,12-14,21H2,1-3H3,(H,23,25)/t17-,18-/m0/s1. The average Bonchev–Trinajstić information content (AvgIpc) is 2.60. The second kappa shape index (κ2) is 11.8. The second-order valence-electron chi connectivity index (χ2n) is 6.73. The Kier molecular flexibility index (Phi) is 10.0. The summed E-state index contributed by atoms with van der Waals surface area (Å²) in [6.45, 7) is 6.47. The van der Waals surface area contributed by atoms with Crippen LogP contribution in [0.1, 0.15) is 52.0 Å². The predicted molar refractivity (Wildman–Crippen MR) is 102 cm³/mol. The minimum Gasteiger partial charge on any atom is -0.345 e. The molecule has 5 heteroatoms. The number of carbonyl (C=O) groups excluding carboxylic acids is 2. The Balaban J connectivity index is 2.77. The predicted octanol–water partition coefficient (Wildman–Crippen LogP) is 2.19. The quantitative estimate of drug-likeness (QED) is 0.506. The molecule has 1 aromatic rings. The number of Topliss-reactive ketones (excluding diaryl/α,β-unsaturated/α-hetero) is 1. The smallest absolute Gasteiger partial charge is 0.238 e. The van der Waals surface area contributed by atoms with Crippen LogP contribution in [-0.4, -0.2) is 36.4 Å². The van der Waals surface area contributed by atoms with Gasteiger partial charge in [0.25, 0.3) is 0 Å². The minimum absolute atomic E-state index is 0.0772. The topological polar surface area (TPSA) is 84.2 Å². The lowest BCUT2D eigenvalue weighted by atomic mass is 10.0. The van der Waals surface area contributed by atoms with E-state index in [9.17, 15) is 9.59 Å². The molecule has 5 nitrogen and oxygen atoms in total. The van der Waals surface area contributed by atoms with Crippen molar-refractivity contribution < 1.29 is 9.59 Å². The van der Waals surface area contributed by atoms with Crippen LogP contribution in [0.3, 0.4) is 0 Å². The van der Waals surface area contributed by atoms with Gasteiger partial charge in [-0.05, 0) is 37.8 Å². The van der Waals surface area contributed by atoms with Crippen molar-refractivity contribution in [2.75, 3.05) is 6.54 Å². The van der Waals surface area contributed by atoms with Crippen LogP contribution in [0.4, 0.5) is 0 Å². The van der Waals surface area contributed by atoms with Crippen LogP contribution in [0.2, 0.25) is 0 Å². The number of amides is 1. The Morgan fingerprint density at radius 3 is 2.32 bits per heavy atom. The molecule has 0 heterocycles.